The summed E-state index contributed by atoms with van der Waals surface area (Å²) < 4.78 is 11.2. The van der Waals surface area contributed by atoms with E-state index < -0.39 is 0 Å². The highest BCUT2D eigenvalue weighted by molar-refractivity contribution is 9.10. The van der Waals surface area contributed by atoms with Crippen molar-refractivity contribution in [3.05, 3.63) is 58.3 Å². The largest absolute Gasteiger partial charge is 0.507 e. The predicted molar refractivity (Wildman–Crippen MR) is 97.9 cm³/mol. The zero-order valence-electron chi connectivity index (χ0n) is 12.5. The number of ether oxygens (including phenoxy) is 2. The summed E-state index contributed by atoms with van der Waals surface area (Å²) >= 11 is 8.42. The molecule has 0 saturated carbocycles. The maximum atomic E-state index is 12.7. The second kappa shape index (κ2) is 6.62. The van der Waals surface area contributed by atoms with Crippen LogP contribution < -0.4 is 9.64 Å². The molecule has 2 aromatic rings. The highest BCUT2D eigenvalue weighted by atomic mass is 79.9. The van der Waals surface area contributed by atoms with E-state index in [0.29, 0.717) is 21.5 Å². The van der Waals surface area contributed by atoms with Gasteiger partial charge in [0.2, 0.25) is 0 Å². The summed E-state index contributed by atoms with van der Waals surface area (Å²) in [5, 5.41) is 9.57. The van der Waals surface area contributed by atoms with E-state index in [0.717, 1.165) is 0 Å². The molecule has 0 aromatic heterocycles. The number of hydrogen-bond acceptors (Lipinski definition) is 5. The maximum absolute atomic E-state index is 12.7. The predicted octanol–water partition coefficient (Wildman–Crippen LogP) is 3.85. The molecule has 0 aliphatic carbocycles. The van der Waals surface area contributed by atoms with Crippen molar-refractivity contribution >= 4 is 51.0 Å². The zero-order chi connectivity index (χ0) is 17.3. The van der Waals surface area contributed by atoms with E-state index in [1.807, 2.05) is 0 Å². The first-order chi connectivity index (χ1) is 11.5. The number of hydrogen-bond donors (Lipinski definition) is 1. The fraction of sp³-hybridized carbons (Fsp3) is 0.0588. The first-order valence-electron chi connectivity index (χ1n) is 6.91. The van der Waals surface area contributed by atoms with Gasteiger partial charge < -0.3 is 14.6 Å². The fourth-order valence-electron chi connectivity index (χ4n) is 2.25. The Morgan fingerprint density at radius 1 is 1.29 bits per heavy atom. The van der Waals surface area contributed by atoms with E-state index in [2.05, 4.69) is 15.9 Å². The summed E-state index contributed by atoms with van der Waals surface area (Å²) in [6.07, 6.45) is 1.56. The third-order valence-corrected chi connectivity index (χ3v) is 4.29. The summed E-state index contributed by atoms with van der Waals surface area (Å²) in [5.41, 5.74) is 1.21. The summed E-state index contributed by atoms with van der Waals surface area (Å²) in [5.74, 6) is 0.351. The van der Waals surface area contributed by atoms with Crippen molar-refractivity contribution in [2.75, 3.05) is 12.0 Å². The minimum atomic E-state index is -0.381. The summed E-state index contributed by atoms with van der Waals surface area (Å²) in [7, 11) is 1.52. The molecule has 1 saturated heterocycles. The standard InChI is InChI=1S/C17H12BrNO4S/c1-22-14-5-3-2-4-12(14)19-16(21)15(23-17(19)24)9-10-6-7-13(20)11(18)8-10/h2-9,20H,1H3/b15-9-. The van der Waals surface area contributed by atoms with Gasteiger partial charge in [-0.3, -0.25) is 4.79 Å². The van der Waals surface area contributed by atoms with Crippen molar-refractivity contribution in [2.24, 2.45) is 0 Å². The number of aromatic hydroxyl groups is 1. The van der Waals surface area contributed by atoms with Gasteiger partial charge in [0.1, 0.15) is 11.5 Å². The minimum Gasteiger partial charge on any atom is -0.507 e. The van der Waals surface area contributed by atoms with Crippen molar-refractivity contribution in [2.45, 2.75) is 0 Å². The molecular formula is C17H12BrNO4S. The number of phenols is 1. The third kappa shape index (κ3) is 3.00. The lowest BCUT2D eigenvalue weighted by molar-refractivity contribution is -0.114. The Bertz CT molecular complexity index is 865. The Kier molecular flexibility index (Phi) is 4.55. The number of rotatable bonds is 3. The summed E-state index contributed by atoms with van der Waals surface area (Å²) in [6.45, 7) is 0. The number of thiocarbonyl (C=S) groups is 1. The number of halogens is 1. The third-order valence-electron chi connectivity index (χ3n) is 3.39. The van der Waals surface area contributed by atoms with Crippen molar-refractivity contribution in [3.8, 4) is 11.5 Å². The Balaban J connectivity index is 1.97. The first kappa shape index (κ1) is 16.5. The van der Waals surface area contributed by atoms with Gasteiger partial charge in [0.15, 0.2) is 5.76 Å². The Morgan fingerprint density at radius 3 is 2.75 bits per heavy atom. The molecule has 0 radical (unpaired) electrons. The summed E-state index contributed by atoms with van der Waals surface area (Å²) in [4.78, 5) is 14.0. The number of nitrogens with zero attached hydrogens (tertiary/aromatic N) is 1. The van der Waals surface area contributed by atoms with Crippen molar-refractivity contribution in [1.82, 2.24) is 0 Å². The van der Waals surface area contributed by atoms with Gasteiger partial charge in [-0.2, -0.15) is 0 Å². The van der Waals surface area contributed by atoms with Gasteiger partial charge in [-0.15, -0.1) is 0 Å². The number of carbonyl (C=O) groups excluding carboxylic acids is 1. The average Bonchev–Trinajstić information content (AvgIpc) is 2.85. The molecule has 1 N–H and O–H groups in total. The number of phenolic OH excluding ortho intramolecular Hbond substituents is 1. The fourth-order valence-corrected chi connectivity index (χ4v) is 2.92. The number of para-hydroxylation sites is 2. The van der Waals surface area contributed by atoms with E-state index in [-0.39, 0.29) is 22.6 Å². The molecule has 24 heavy (non-hydrogen) atoms. The van der Waals surface area contributed by atoms with Crippen LogP contribution >= 0.6 is 28.1 Å². The zero-order valence-corrected chi connectivity index (χ0v) is 14.9. The smallest absolute Gasteiger partial charge is 0.301 e. The lowest BCUT2D eigenvalue weighted by Crippen LogP contribution is -2.28. The molecule has 1 fully saturated rings. The Labute approximate surface area is 152 Å². The highest BCUT2D eigenvalue weighted by Gasteiger charge is 2.36. The topological polar surface area (TPSA) is 59.0 Å². The molecule has 0 bridgehead atoms. The lowest BCUT2D eigenvalue weighted by Gasteiger charge is -2.15. The molecule has 0 atom stereocenters. The van der Waals surface area contributed by atoms with Crippen LogP contribution in [-0.4, -0.2) is 23.3 Å². The summed E-state index contributed by atoms with van der Waals surface area (Å²) in [6, 6.07) is 11.9. The molecule has 0 unspecified atom stereocenters. The molecule has 5 nitrogen and oxygen atoms in total. The molecule has 2 aromatic carbocycles. The van der Waals surface area contributed by atoms with Crippen molar-refractivity contribution in [1.29, 1.82) is 0 Å². The number of anilines is 1. The quantitative estimate of drug-likeness (QED) is 0.620. The van der Waals surface area contributed by atoms with Gasteiger partial charge in [-0.05, 0) is 64.1 Å². The van der Waals surface area contributed by atoms with E-state index in [1.54, 1.807) is 42.5 Å². The molecule has 3 rings (SSSR count). The van der Waals surface area contributed by atoms with E-state index in [4.69, 9.17) is 21.7 Å². The molecule has 1 aliphatic heterocycles. The van der Waals surface area contributed by atoms with Crippen LogP contribution in [0.25, 0.3) is 6.08 Å². The van der Waals surface area contributed by atoms with Gasteiger partial charge in [-0.25, -0.2) is 4.90 Å². The van der Waals surface area contributed by atoms with Crippen LogP contribution in [0.15, 0.2) is 52.7 Å². The number of amides is 1. The van der Waals surface area contributed by atoms with Gasteiger partial charge in [0, 0.05) is 0 Å². The van der Waals surface area contributed by atoms with Gasteiger partial charge in [-0.1, -0.05) is 18.2 Å². The van der Waals surface area contributed by atoms with Crippen LogP contribution in [-0.2, 0) is 9.53 Å². The van der Waals surface area contributed by atoms with E-state index in [9.17, 15) is 9.90 Å². The van der Waals surface area contributed by atoms with Gasteiger partial charge >= 0.3 is 5.91 Å². The molecule has 0 spiro atoms. The van der Waals surface area contributed by atoms with E-state index >= 15 is 0 Å². The van der Waals surface area contributed by atoms with E-state index in [1.165, 1.54) is 18.1 Å². The van der Waals surface area contributed by atoms with Gasteiger partial charge in [0.05, 0.1) is 17.3 Å². The van der Waals surface area contributed by atoms with Crippen LogP contribution in [0.4, 0.5) is 5.69 Å². The molecule has 122 valence electrons. The molecule has 1 heterocycles. The van der Waals surface area contributed by atoms with Crippen LogP contribution in [0.5, 0.6) is 11.5 Å². The lowest BCUT2D eigenvalue weighted by atomic mass is 10.2. The molecule has 7 heteroatoms. The Hall–Kier alpha value is -2.38. The molecule has 1 aliphatic rings. The molecular weight excluding hydrogens is 394 g/mol. The second-order valence-corrected chi connectivity index (χ2v) is 6.10. The number of benzene rings is 2. The van der Waals surface area contributed by atoms with Crippen molar-refractivity contribution < 1.29 is 19.4 Å². The first-order valence-corrected chi connectivity index (χ1v) is 8.11. The van der Waals surface area contributed by atoms with Crippen molar-refractivity contribution in [3.63, 3.8) is 0 Å². The van der Waals surface area contributed by atoms with Gasteiger partial charge in [0.25, 0.3) is 5.17 Å². The number of methoxy groups -OCH3 is 1. The Morgan fingerprint density at radius 2 is 2.04 bits per heavy atom. The monoisotopic (exact) mass is 405 g/mol. The van der Waals surface area contributed by atoms with Crippen LogP contribution in [0, 0.1) is 0 Å². The second-order valence-electron chi connectivity index (χ2n) is 4.90. The normalized spacial score (nSPS) is 15.8. The maximum Gasteiger partial charge on any atom is 0.301 e. The van der Waals surface area contributed by atoms with Crippen LogP contribution in [0.2, 0.25) is 0 Å². The SMILES string of the molecule is COc1ccccc1N1C(=O)/C(=C/c2ccc(O)c(Br)c2)OC1=S. The minimum absolute atomic E-state index is 0.0357. The molecule has 1 amide bonds. The van der Waals surface area contributed by atoms with Crippen LogP contribution in [0.1, 0.15) is 5.56 Å². The number of carbonyl (C=O) groups is 1. The average molecular weight is 406 g/mol. The van der Waals surface area contributed by atoms with Crippen LogP contribution in [0.3, 0.4) is 0 Å². The highest BCUT2D eigenvalue weighted by Crippen LogP contribution is 2.34.